The highest BCUT2D eigenvalue weighted by Gasteiger charge is 2.40. The number of guanidine groups is 1. The Bertz CT molecular complexity index is 516. The van der Waals surface area contributed by atoms with Gasteiger partial charge in [0.05, 0.1) is 23.7 Å². The molecule has 1 heterocycles. The molecule has 22 heavy (non-hydrogen) atoms. The zero-order valence-corrected chi connectivity index (χ0v) is 14.5. The number of nitrogens with zero attached hydrogens (tertiary/aromatic N) is 2. The summed E-state index contributed by atoms with van der Waals surface area (Å²) in [6.07, 6.45) is 0. The number of hydrogen-bond acceptors (Lipinski definition) is 5. The zero-order chi connectivity index (χ0) is 16.8. The molecule has 0 aliphatic carbocycles. The molecule has 0 spiro atoms. The number of ether oxygens (including phenoxy) is 1. The third-order valence-corrected chi connectivity index (χ3v) is 6.12. The molecule has 128 valence electrons. The van der Waals surface area contributed by atoms with Crippen molar-refractivity contribution in [3.63, 3.8) is 0 Å². The maximum absolute atomic E-state index is 12.0. The predicted octanol–water partition coefficient (Wildman–Crippen LogP) is -1.17. The van der Waals surface area contributed by atoms with E-state index in [9.17, 15) is 13.2 Å². The second kappa shape index (κ2) is 7.77. The molecule has 8 nitrogen and oxygen atoms in total. The fourth-order valence-electron chi connectivity index (χ4n) is 2.17. The van der Waals surface area contributed by atoms with Crippen LogP contribution in [0.15, 0.2) is 4.99 Å². The highest BCUT2D eigenvalue weighted by molar-refractivity contribution is 7.92. The van der Waals surface area contributed by atoms with Gasteiger partial charge in [-0.05, 0) is 13.8 Å². The van der Waals surface area contributed by atoms with Crippen molar-refractivity contribution in [1.82, 2.24) is 15.5 Å². The summed E-state index contributed by atoms with van der Waals surface area (Å²) in [7, 11) is 0.0807. The number of carbonyl (C=O) groups is 1. The largest absolute Gasteiger partial charge is 0.383 e. The Kier molecular flexibility index (Phi) is 6.61. The first-order valence-electron chi connectivity index (χ1n) is 7.17. The van der Waals surface area contributed by atoms with Crippen molar-refractivity contribution in [2.24, 2.45) is 4.99 Å². The van der Waals surface area contributed by atoms with Crippen LogP contribution in [0.2, 0.25) is 0 Å². The van der Waals surface area contributed by atoms with E-state index in [0.29, 0.717) is 32.2 Å². The van der Waals surface area contributed by atoms with Gasteiger partial charge in [-0.15, -0.1) is 0 Å². The quantitative estimate of drug-likeness (QED) is 0.373. The summed E-state index contributed by atoms with van der Waals surface area (Å²) in [4.78, 5) is 17.6. The first kappa shape index (κ1) is 18.7. The minimum Gasteiger partial charge on any atom is -0.383 e. The molecular formula is C13H26N4O4S. The van der Waals surface area contributed by atoms with Crippen molar-refractivity contribution in [3.05, 3.63) is 0 Å². The highest BCUT2D eigenvalue weighted by Crippen LogP contribution is 2.23. The van der Waals surface area contributed by atoms with Crippen molar-refractivity contribution >= 4 is 21.7 Å². The molecule has 0 bridgehead atoms. The summed E-state index contributed by atoms with van der Waals surface area (Å²) < 4.78 is 28.0. The van der Waals surface area contributed by atoms with Crippen LogP contribution in [0.3, 0.4) is 0 Å². The van der Waals surface area contributed by atoms with Crippen molar-refractivity contribution in [2.75, 3.05) is 52.7 Å². The second-order valence-electron chi connectivity index (χ2n) is 5.74. The average Bonchev–Trinajstić information content (AvgIpc) is 2.43. The van der Waals surface area contributed by atoms with Gasteiger partial charge in [0.15, 0.2) is 15.8 Å². The third-order valence-electron chi connectivity index (χ3n) is 3.59. The van der Waals surface area contributed by atoms with Gasteiger partial charge in [0.1, 0.15) is 0 Å². The lowest BCUT2D eigenvalue weighted by atomic mass is 10.2. The molecule has 0 aromatic rings. The van der Waals surface area contributed by atoms with Crippen LogP contribution in [0.4, 0.5) is 0 Å². The maximum Gasteiger partial charge on any atom is 0.239 e. The fourth-order valence-corrected chi connectivity index (χ4v) is 3.54. The molecule has 1 fully saturated rings. The van der Waals surface area contributed by atoms with E-state index in [0.717, 1.165) is 0 Å². The van der Waals surface area contributed by atoms with Crippen LogP contribution in [-0.2, 0) is 19.4 Å². The summed E-state index contributed by atoms with van der Waals surface area (Å²) in [6, 6.07) is 0. The van der Waals surface area contributed by atoms with Gasteiger partial charge in [0.25, 0.3) is 0 Å². The molecule has 0 saturated carbocycles. The molecule has 1 amide bonds. The van der Waals surface area contributed by atoms with E-state index in [1.165, 1.54) is 0 Å². The Labute approximate surface area is 132 Å². The normalized spacial score (nSPS) is 20.5. The SMILES string of the molecule is CN=C(NCC(=O)NCCOC)N1CCS(=O)(=O)C(C)(C)C1. The van der Waals surface area contributed by atoms with Crippen LogP contribution in [0.1, 0.15) is 13.8 Å². The Hall–Kier alpha value is -1.35. The minimum absolute atomic E-state index is 0.0834. The third kappa shape index (κ3) is 4.84. The lowest BCUT2D eigenvalue weighted by molar-refractivity contribution is -0.120. The Morgan fingerprint density at radius 3 is 2.59 bits per heavy atom. The number of rotatable bonds is 5. The van der Waals surface area contributed by atoms with Crippen LogP contribution in [-0.4, -0.2) is 82.6 Å². The van der Waals surface area contributed by atoms with E-state index in [1.54, 1.807) is 28.0 Å². The summed E-state index contributed by atoms with van der Waals surface area (Å²) in [5.74, 6) is 0.452. The number of carbonyl (C=O) groups excluding carboxylic acids is 1. The second-order valence-corrected chi connectivity index (χ2v) is 8.49. The van der Waals surface area contributed by atoms with Gasteiger partial charge < -0.3 is 20.3 Å². The molecule has 0 aromatic carbocycles. The van der Waals surface area contributed by atoms with Crippen LogP contribution in [0.25, 0.3) is 0 Å². The van der Waals surface area contributed by atoms with Crippen molar-refractivity contribution in [2.45, 2.75) is 18.6 Å². The maximum atomic E-state index is 12.0. The molecule has 1 aliphatic rings. The van der Waals surface area contributed by atoms with Crippen LogP contribution < -0.4 is 10.6 Å². The van der Waals surface area contributed by atoms with Gasteiger partial charge in [-0.25, -0.2) is 8.42 Å². The van der Waals surface area contributed by atoms with Crippen molar-refractivity contribution in [1.29, 1.82) is 0 Å². The smallest absolute Gasteiger partial charge is 0.239 e. The molecule has 2 N–H and O–H groups in total. The predicted molar refractivity (Wildman–Crippen MR) is 85.7 cm³/mol. The van der Waals surface area contributed by atoms with Gasteiger partial charge in [0.2, 0.25) is 5.91 Å². The molecule has 0 unspecified atom stereocenters. The standard InChI is InChI=1S/C13H26N4O4S/c1-13(2)10-17(6-8-22(13,19)20)12(14-3)16-9-11(18)15-5-7-21-4/h5-10H2,1-4H3,(H,14,16)(H,15,18). The Balaban J connectivity index is 2.54. The molecule has 1 saturated heterocycles. The van der Waals surface area contributed by atoms with Crippen LogP contribution >= 0.6 is 0 Å². The number of sulfone groups is 1. The summed E-state index contributed by atoms with van der Waals surface area (Å²) >= 11 is 0. The average molecular weight is 334 g/mol. The summed E-state index contributed by atoms with van der Waals surface area (Å²) in [5.41, 5.74) is 0. The molecule has 0 atom stereocenters. The number of hydrogen-bond donors (Lipinski definition) is 2. The lowest BCUT2D eigenvalue weighted by Gasteiger charge is -2.39. The molecule has 9 heteroatoms. The molecule has 1 rings (SSSR count). The van der Waals surface area contributed by atoms with E-state index >= 15 is 0 Å². The van der Waals surface area contributed by atoms with E-state index < -0.39 is 14.6 Å². The number of amides is 1. The highest BCUT2D eigenvalue weighted by atomic mass is 32.2. The number of aliphatic imine (C=N–C) groups is 1. The van der Waals surface area contributed by atoms with E-state index in [2.05, 4.69) is 15.6 Å². The van der Waals surface area contributed by atoms with Crippen molar-refractivity contribution < 1.29 is 17.9 Å². The Morgan fingerprint density at radius 2 is 2.05 bits per heavy atom. The van der Waals surface area contributed by atoms with Gasteiger partial charge in [0, 0.05) is 33.8 Å². The molecule has 0 aromatic heterocycles. The van der Waals surface area contributed by atoms with Gasteiger partial charge in [-0.1, -0.05) is 0 Å². The van der Waals surface area contributed by atoms with Gasteiger partial charge >= 0.3 is 0 Å². The zero-order valence-electron chi connectivity index (χ0n) is 13.7. The van der Waals surface area contributed by atoms with E-state index in [4.69, 9.17) is 4.74 Å². The number of nitrogens with one attached hydrogen (secondary N) is 2. The molecule has 0 radical (unpaired) electrons. The fraction of sp³-hybridized carbons (Fsp3) is 0.846. The topological polar surface area (TPSA) is 100 Å². The Morgan fingerprint density at radius 1 is 1.36 bits per heavy atom. The van der Waals surface area contributed by atoms with Crippen LogP contribution in [0, 0.1) is 0 Å². The van der Waals surface area contributed by atoms with Crippen LogP contribution in [0.5, 0.6) is 0 Å². The van der Waals surface area contributed by atoms with Gasteiger partial charge in [-0.3, -0.25) is 9.79 Å². The monoisotopic (exact) mass is 334 g/mol. The first-order valence-corrected chi connectivity index (χ1v) is 8.82. The number of methoxy groups -OCH3 is 1. The van der Waals surface area contributed by atoms with Crippen molar-refractivity contribution in [3.8, 4) is 0 Å². The molecular weight excluding hydrogens is 308 g/mol. The minimum atomic E-state index is -3.10. The van der Waals surface area contributed by atoms with E-state index in [-0.39, 0.29) is 18.2 Å². The van der Waals surface area contributed by atoms with E-state index in [1.807, 2.05) is 4.90 Å². The summed E-state index contributed by atoms with van der Waals surface area (Å²) in [5, 5.41) is 5.66. The summed E-state index contributed by atoms with van der Waals surface area (Å²) in [6.45, 7) is 5.12. The molecule has 1 aliphatic heterocycles. The van der Waals surface area contributed by atoms with Gasteiger partial charge in [-0.2, -0.15) is 0 Å². The lowest BCUT2D eigenvalue weighted by Crippen LogP contribution is -2.58. The first-order chi connectivity index (χ1) is 10.2.